The number of piperazine rings is 1. The van der Waals surface area contributed by atoms with Crippen molar-refractivity contribution in [3.8, 4) is 0 Å². The summed E-state index contributed by atoms with van der Waals surface area (Å²) in [6.07, 6.45) is -0.934. The predicted octanol–water partition coefficient (Wildman–Crippen LogP) is 4.47. The van der Waals surface area contributed by atoms with Gasteiger partial charge in [-0.1, -0.05) is 48.0 Å². The number of amides is 1. The second-order valence-electron chi connectivity index (χ2n) is 8.44. The van der Waals surface area contributed by atoms with E-state index in [4.69, 9.17) is 16.3 Å². The van der Waals surface area contributed by atoms with Crippen LogP contribution in [-0.2, 0) is 11.3 Å². The molecule has 1 saturated heterocycles. The lowest BCUT2D eigenvalue weighted by Gasteiger charge is -2.35. The number of benzene rings is 2. The molecule has 0 spiro atoms. The minimum absolute atomic E-state index is 0.239. The molecule has 1 atom stereocenters. The van der Waals surface area contributed by atoms with Crippen LogP contribution in [-0.4, -0.2) is 52.8 Å². The second-order valence-corrected chi connectivity index (χ2v) is 8.88. The molecule has 1 unspecified atom stereocenters. The van der Waals surface area contributed by atoms with E-state index in [1.807, 2.05) is 57.2 Å². The predicted molar refractivity (Wildman–Crippen MR) is 115 cm³/mol. The zero-order valence-corrected chi connectivity index (χ0v) is 18.0. The second kappa shape index (κ2) is 9.16. The molecule has 6 heteroatoms. The van der Waals surface area contributed by atoms with Crippen molar-refractivity contribution < 1.29 is 14.6 Å². The van der Waals surface area contributed by atoms with Gasteiger partial charge in [-0.3, -0.25) is 4.90 Å². The lowest BCUT2D eigenvalue weighted by atomic mass is 10.0. The van der Waals surface area contributed by atoms with E-state index in [0.717, 1.165) is 30.8 Å². The van der Waals surface area contributed by atoms with Gasteiger partial charge in [-0.25, -0.2) is 4.79 Å². The van der Waals surface area contributed by atoms with Gasteiger partial charge in [0, 0.05) is 37.7 Å². The normalized spacial score (nSPS) is 16.5. The van der Waals surface area contributed by atoms with E-state index in [2.05, 4.69) is 4.90 Å². The minimum Gasteiger partial charge on any atom is -0.444 e. The molecule has 0 saturated carbocycles. The summed E-state index contributed by atoms with van der Waals surface area (Å²) in [4.78, 5) is 16.3. The van der Waals surface area contributed by atoms with Crippen LogP contribution in [0, 0.1) is 0 Å². The molecule has 1 amide bonds. The molecule has 0 bridgehead atoms. The average Bonchev–Trinajstić information content (AvgIpc) is 2.67. The lowest BCUT2D eigenvalue weighted by molar-refractivity contribution is 0.0139. The maximum Gasteiger partial charge on any atom is 0.410 e. The van der Waals surface area contributed by atoms with E-state index in [1.54, 1.807) is 17.0 Å². The number of halogens is 1. The largest absolute Gasteiger partial charge is 0.444 e. The van der Waals surface area contributed by atoms with Gasteiger partial charge >= 0.3 is 6.09 Å². The molecule has 156 valence electrons. The van der Waals surface area contributed by atoms with Gasteiger partial charge in [0.25, 0.3) is 0 Å². The maximum absolute atomic E-state index is 12.2. The smallest absolute Gasteiger partial charge is 0.410 e. The molecule has 3 rings (SSSR count). The standard InChI is InChI=1S/C23H29ClN2O3/c1-23(2,3)29-22(28)26-13-11-25(12-14-26)16-17-7-9-18(10-8-17)21(27)19-5-4-6-20(24)15-19/h4-10,15,21,27H,11-14,16H2,1-3H3. The zero-order chi connectivity index (χ0) is 21.0. The van der Waals surface area contributed by atoms with Crippen LogP contribution < -0.4 is 0 Å². The highest BCUT2D eigenvalue weighted by Crippen LogP contribution is 2.25. The topological polar surface area (TPSA) is 53.0 Å². The number of hydrogen-bond acceptors (Lipinski definition) is 4. The Morgan fingerprint density at radius 2 is 1.72 bits per heavy atom. The van der Waals surface area contributed by atoms with Crippen molar-refractivity contribution in [2.45, 2.75) is 39.0 Å². The average molecular weight is 417 g/mol. The first-order valence-corrected chi connectivity index (χ1v) is 10.3. The van der Waals surface area contributed by atoms with Crippen molar-refractivity contribution in [2.24, 2.45) is 0 Å². The number of ether oxygens (including phenoxy) is 1. The van der Waals surface area contributed by atoms with E-state index >= 15 is 0 Å². The fraction of sp³-hybridized carbons (Fsp3) is 0.435. The number of hydrogen-bond donors (Lipinski definition) is 1. The third kappa shape index (κ3) is 6.20. The van der Waals surface area contributed by atoms with Crippen LogP contribution in [0.4, 0.5) is 4.79 Å². The summed E-state index contributed by atoms with van der Waals surface area (Å²) < 4.78 is 5.45. The number of carbonyl (C=O) groups is 1. The summed E-state index contributed by atoms with van der Waals surface area (Å²) >= 11 is 6.02. The number of aliphatic hydroxyl groups excluding tert-OH is 1. The Labute approximate surface area is 177 Å². The third-order valence-electron chi connectivity index (χ3n) is 4.89. The monoisotopic (exact) mass is 416 g/mol. The number of rotatable bonds is 4. The first kappa shape index (κ1) is 21.6. The van der Waals surface area contributed by atoms with E-state index in [1.165, 1.54) is 5.56 Å². The molecule has 0 aliphatic carbocycles. The molecule has 1 fully saturated rings. The van der Waals surface area contributed by atoms with Crippen molar-refractivity contribution in [1.82, 2.24) is 9.80 Å². The Hall–Kier alpha value is -2.08. The molecule has 0 aromatic heterocycles. The van der Waals surface area contributed by atoms with E-state index in [0.29, 0.717) is 18.1 Å². The van der Waals surface area contributed by atoms with Gasteiger partial charge in [-0.2, -0.15) is 0 Å². The summed E-state index contributed by atoms with van der Waals surface area (Å²) in [7, 11) is 0. The van der Waals surface area contributed by atoms with Crippen LogP contribution in [0.1, 0.15) is 43.6 Å². The zero-order valence-electron chi connectivity index (χ0n) is 17.3. The first-order chi connectivity index (χ1) is 13.7. The van der Waals surface area contributed by atoms with Gasteiger partial charge in [0.2, 0.25) is 0 Å². The van der Waals surface area contributed by atoms with Crippen LogP contribution in [0.15, 0.2) is 48.5 Å². The molecule has 2 aromatic carbocycles. The van der Waals surface area contributed by atoms with Crippen molar-refractivity contribution in [3.05, 3.63) is 70.2 Å². The summed E-state index contributed by atoms with van der Waals surface area (Å²) in [6.45, 7) is 9.42. The Balaban J connectivity index is 1.52. The highest BCUT2D eigenvalue weighted by molar-refractivity contribution is 6.30. The lowest BCUT2D eigenvalue weighted by Crippen LogP contribution is -2.49. The van der Waals surface area contributed by atoms with Crippen LogP contribution in [0.25, 0.3) is 0 Å². The summed E-state index contributed by atoms with van der Waals surface area (Å²) in [5, 5.41) is 11.2. The summed E-state index contributed by atoms with van der Waals surface area (Å²) in [6, 6.07) is 15.3. The fourth-order valence-electron chi connectivity index (χ4n) is 3.35. The van der Waals surface area contributed by atoms with Crippen molar-refractivity contribution in [3.63, 3.8) is 0 Å². The van der Waals surface area contributed by atoms with E-state index in [9.17, 15) is 9.90 Å². The van der Waals surface area contributed by atoms with Crippen LogP contribution in [0.2, 0.25) is 5.02 Å². The highest BCUT2D eigenvalue weighted by Gasteiger charge is 2.25. The SMILES string of the molecule is CC(C)(C)OC(=O)N1CCN(Cc2ccc(C(O)c3cccc(Cl)c3)cc2)CC1. The molecular formula is C23H29ClN2O3. The quantitative estimate of drug-likeness (QED) is 0.798. The molecule has 0 radical (unpaired) electrons. The van der Waals surface area contributed by atoms with Crippen LogP contribution in [0.5, 0.6) is 0 Å². The summed E-state index contributed by atoms with van der Waals surface area (Å²) in [5.41, 5.74) is 2.33. The Bertz CT molecular complexity index is 825. The molecule has 1 N–H and O–H groups in total. The third-order valence-corrected chi connectivity index (χ3v) is 5.13. The Kier molecular flexibility index (Phi) is 6.83. The molecule has 5 nitrogen and oxygen atoms in total. The van der Waals surface area contributed by atoms with Gasteiger partial charge in [0.15, 0.2) is 0 Å². The van der Waals surface area contributed by atoms with Gasteiger partial charge in [0.1, 0.15) is 11.7 Å². The van der Waals surface area contributed by atoms with Crippen molar-refractivity contribution >= 4 is 17.7 Å². The Morgan fingerprint density at radius 1 is 1.07 bits per heavy atom. The molecule has 29 heavy (non-hydrogen) atoms. The highest BCUT2D eigenvalue weighted by atomic mass is 35.5. The number of aliphatic hydroxyl groups is 1. The van der Waals surface area contributed by atoms with Crippen molar-refractivity contribution in [2.75, 3.05) is 26.2 Å². The van der Waals surface area contributed by atoms with Gasteiger partial charge < -0.3 is 14.7 Å². The molecule has 1 aliphatic heterocycles. The molecule has 1 heterocycles. The van der Waals surface area contributed by atoms with E-state index in [-0.39, 0.29) is 6.09 Å². The first-order valence-electron chi connectivity index (χ1n) is 9.94. The van der Waals surface area contributed by atoms with Crippen molar-refractivity contribution in [1.29, 1.82) is 0 Å². The van der Waals surface area contributed by atoms with Gasteiger partial charge in [-0.15, -0.1) is 0 Å². The maximum atomic E-state index is 12.2. The van der Waals surface area contributed by atoms with Crippen LogP contribution in [0.3, 0.4) is 0 Å². The molecule has 1 aliphatic rings. The van der Waals surface area contributed by atoms with Gasteiger partial charge in [-0.05, 0) is 49.6 Å². The Morgan fingerprint density at radius 3 is 2.31 bits per heavy atom. The number of nitrogens with zero attached hydrogens (tertiary/aromatic N) is 2. The minimum atomic E-state index is -0.694. The molecule has 2 aromatic rings. The van der Waals surface area contributed by atoms with Gasteiger partial charge in [0.05, 0.1) is 0 Å². The van der Waals surface area contributed by atoms with E-state index < -0.39 is 11.7 Å². The molecular weight excluding hydrogens is 388 g/mol. The number of carbonyl (C=O) groups excluding carboxylic acids is 1. The van der Waals surface area contributed by atoms with Crippen LogP contribution >= 0.6 is 11.6 Å². The summed E-state index contributed by atoms with van der Waals surface area (Å²) in [5.74, 6) is 0. The fourth-order valence-corrected chi connectivity index (χ4v) is 3.55.